The zero-order chi connectivity index (χ0) is 37.9. The fourth-order valence-corrected chi connectivity index (χ4v) is 7.72. The zero-order valence-electron chi connectivity index (χ0n) is 29.5. The van der Waals surface area contributed by atoms with Crippen molar-refractivity contribution in [3.63, 3.8) is 0 Å². The van der Waals surface area contributed by atoms with E-state index in [1.54, 1.807) is 12.1 Å². The molecule has 0 aromatic heterocycles. The molecular formula is C33H49N2O14PS. The smallest absolute Gasteiger partial charge is 0.407 e. The third-order valence-electron chi connectivity index (χ3n) is 7.90. The van der Waals surface area contributed by atoms with Gasteiger partial charge in [0.25, 0.3) is 0 Å². The van der Waals surface area contributed by atoms with Crippen LogP contribution in [0.5, 0.6) is 11.5 Å². The first-order chi connectivity index (χ1) is 23.9. The second-order valence-corrected chi connectivity index (χ2v) is 16.2. The van der Waals surface area contributed by atoms with Crippen molar-refractivity contribution in [3.05, 3.63) is 54.1 Å². The molecule has 1 heterocycles. The van der Waals surface area contributed by atoms with Gasteiger partial charge in [-0.2, -0.15) is 4.31 Å². The lowest BCUT2D eigenvalue weighted by Gasteiger charge is -2.31. The van der Waals surface area contributed by atoms with Crippen molar-refractivity contribution >= 4 is 29.7 Å². The fraction of sp³-hybridized carbons (Fsp3) is 0.576. The Morgan fingerprint density at radius 3 is 2.25 bits per heavy atom. The summed E-state index contributed by atoms with van der Waals surface area (Å²) in [6.07, 6.45) is -5.75. The number of aliphatic hydroxyl groups is 1. The summed E-state index contributed by atoms with van der Waals surface area (Å²) in [5.74, 6) is -1.14. The number of carboxylic acids is 1. The van der Waals surface area contributed by atoms with Crippen molar-refractivity contribution in [2.75, 3.05) is 39.8 Å². The minimum Gasteiger partial charge on any atom is -0.497 e. The van der Waals surface area contributed by atoms with Crippen LogP contribution in [-0.4, -0.2) is 110 Å². The highest BCUT2D eigenvalue weighted by Gasteiger charge is 2.38. The summed E-state index contributed by atoms with van der Waals surface area (Å²) in [4.78, 5) is 34.1. The quantitative estimate of drug-likeness (QED) is 0.142. The normalized spacial score (nSPS) is 20.7. The number of carbonyl (C=O) groups is 2. The lowest BCUT2D eigenvalue weighted by atomic mass is 10.0. The number of aliphatic carboxylic acids is 1. The molecule has 0 saturated carbocycles. The number of hydrogen-bond acceptors (Lipinski definition) is 12. The van der Waals surface area contributed by atoms with E-state index in [4.69, 9.17) is 33.3 Å². The van der Waals surface area contributed by atoms with Crippen LogP contribution in [0.15, 0.2) is 53.4 Å². The highest BCUT2D eigenvalue weighted by molar-refractivity contribution is 7.89. The van der Waals surface area contributed by atoms with Gasteiger partial charge in [-0.1, -0.05) is 32.9 Å². The Morgan fingerprint density at radius 1 is 1.06 bits per heavy atom. The lowest BCUT2D eigenvalue weighted by molar-refractivity contribution is -0.144. The number of aliphatic hydroxyl groups excluding tert-OH is 1. The Kier molecular flexibility index (Phi) is 15.7. The van der Waals surface area contributed by atoms with Gasteiger partial charge in [0.1, 0.15) is 17.6 Å². The predicted molar refractivity (Wildman–Crippen MR) is 184 cm³/mol. The number of benzene rings is 2. The number of nitrogens with zero attached hydrogens (tertiary/aromatic N) is 1. The minimum atomic E-state index is -4.40. The van der Waals surface area contributed by atoms with E-state index in [9.17, 15) is 32.6 Å². The fourth-order valence-electron chi connectivity index (χ4n) is 5.15. The first-order valence-corrected chi connectivity index (χ1v) is 19.6. The molecule has 1 saturated heterocycles. The van der Waals surface area contributed by atoms with Gasteiger partial charge in [-0.25, -0.2) is 18.0 Å². The Balaban J connectivity index is 1.81. The Bertz CT molecular complexity index is 1570. The topological polar surface area (TPSA) is 217 Å². The average molecular weight is 761 g/mol. The molecule has 0 radical (unpaired) electrons. The number of carbonyl (C=O) groups excluding carboxylic acids is 1. The van der Waals surface area contributed by atoms with E-state index in [0.29, 0.717) is 17.9 Å². The molecule has 1 aliphatic heterocycles. The summed E-state index contributed by atoms with van der Waals surface area (Å²) in [6.45, 7) is 8.67. The molecule has 18 heteroatoms. The zero-order valence-corrected chi connectivity index (χ0v) is 31.2. The van der Waals surface area contributed by atoms with Gasteiger partial charge in [-0.05, 0) is 68.1 Å². The molecule has 0 spiro atoms. The molecular weight excluding hydrogens is 711 g/mol. The molecule has 1 aliphatic rings. The van der Waals surface area contributed by atoms with Crippen LogP contribution in [-0.2, 0) is 44.5 Å². The summed E-state index contributed by atoms with van der Waals surface area (Å²) in [5.41, 5.74) is 0.581. The molecule has 4 N–H and O–H groups in total. The van der Waals surface area contributed by atoms with Crippen LogP contribution in [0.3, 0.4) is 0 Å². The van der Waals surface area contributed by atoms with Crippen LogP contribution in [0.4, 0.5) is 4.79 Å². The molecule has 1 amide bonds. The van der Waals surface area contributed by atoms with Crippen molar-refractivity contribution in [3.8, 4) is 11.5 Å². The molecule has 2 aromatic rings. The first kappa shape index (κ1) is 42.1. The number of hydrogen-bond donors (Lipinski definition) is 4. The average Bonchev–Trinajstić information content (AvgIpc) is 3.41. The van der Waals surface area contributed by atoms with Crippen molar-refractivity contribution in [1.29, 1.82) is 0 Å². The molecule has 0 bridgehead atoms. The maximum Gasteiger partial charge on any atom is 0.407 e. The molecule has 0 aliphatic carbocycles. The lowest BCUT2D eigenvalue weighted by Crippen LogP contribution is -2.51. The van der Waals surface area contributed by atoms with Crippen LogP contribution in [0.25, 0.3) is 0 Å². The van der Waals surface area contributed by atoms with Gasteiger partial charge in [0.2, 0.25) is 10.0 Å². The molecule has 3 unspecified atom stereocenters. The molecule has 1 fully saturated rings. The van der Waals surface area contributed by atoms with Crippen molar-refractivity contribution in [2.45, 2.75) is 76.6 Å². The number of nitrogens with one attached hydrogen (secondary N) is 1. The molecule has 3 rings (SSSR count). The van der Waals surface area contributed by atoms with Crippen molar-refractivity contribution in [2.24, 2.45) is 11.8 Å². The van der Waals surface area contributed by atoms with E-state index in [-0.39, 0.29) is 48.6 Å². The standard InChI is InChI=1S/C33H49N2O14PS/c1-7-45-32-22(4)30(19-46-32)48-33(39)34-28(16-24-8-10-26(11-9-24)47-20-50(40,41)49-23(5)31(37)38)29(36)18-35(17-21(2)3)51(42,43)27-14-12-25(44-6)13-15-27/h8-15,21-23,28-30,32,36H,7,16-20H2,1-6H3,(H,34,39)(H,37,38)(H,40,41)/t22?,23-,28-,29+,30-,32?/m0/s1. The molecule has 286 valence electrons. The van der Waals surface area contributed by atoms with Crippen LogP contribution >= 0.6 is 7.60 Å². The van der Waals surface area contributed by atoms with Gasteiger partial charge in [-0.3, -0.25) is 9.09 Å². The maximum absolute atomic E-state index is 13.8. The largest absolute Gasteiger partial charge is 0.497 e. The van der Waals surface area contributed by atoms with Gasteiger partial charge in [0.05, 0.1) is 30.8 Å². The second-order valence-electron chi connectivity index (χ2n) is 12.5. The van der Waals surface area contributed by atoms with Crippen LogP contribution < -0.4 is 14.8 Å². The van der Waals surface area contributed by atoms with Gasteiger partial charge >= 0.3 is 19.7 Å². The third kappa shape index (κ3) is 12.7. The van der Waals surface area contributed by atoms with Gasteiger partial charge in [-0.15, -0.1) is 0 Å². The number of methoxy groups -OCH3 is 1. The molecule has 7 atom stereocenters. The van der Waals surface area contributed by atoms with E-state index in [2.05, 4.69) is 5.32 Å². The molecule has 2 aromatic carbocycles. The van der Waals surface area contributed by atoms with Crippen LogP contribution in [0.2, 0.25) is 0 Å². The third-order valence-corrected chi connectivity index (χ3v) is 10.8. The van der Waals surface area contributed by atoms with Crippen molar-refractivity contribution < 1.29 is 65.9 Å². The summed E-state index contributed by atoms with van der Waals surface area (Å²) in [6, 6.07) is 11.0. The van der Waals surface area contributed by atoms with Crippen LogP contribution in [0.1, 0.15) is 40.2 Å². The highest BCUT2D eigenvalue weighted by Crippen LogP contribution is 2.43. The summed E-state index contributed by atoms with van der Waals surface area (Å²) >= 11 is 0. The molecule has 51 heavy (non-hydrogen) atoms. The Morgan fingerprint density at radius 2 is 1.69 bits per heavy atom. The van der Waals surface area contributed by atoms with E-state index in [0.717, 1.165) is 6.92 Å². The van der Waals surface area contributed by atoms with Crippen LogP contribution in [0, 0.1) is 11.8 Å². The van der Waals surface area contributed by atoms with Gasteiger partial charge in [0, 0.05) is 25.6 Å². The van der Waals surface area contributed by atoms with E-state index >= 15 is 0 Å². The molecule has 16 nitrogen and oxygen atoms in total. The number of alkyl carbamates (subject to hydrolysis) is 1. The predicted octanol–water partition coefficient (Wildman–Crippen LogP) is 3.45. The monoisotopic (exact) mass is 760 g/mol. The number of carboxylic acid groups (broad SMARTS) is 1. The number of sulfonamides is 1. The van der Waals surface area contributed by atoms with Gasteiger partial charge in [0.15, 0.2) is 18.7 Å². The summed E-state index contributed by atoms with van der Waals surface area (Å²) in [5, 5.41) is 23.2. The van der Waals surface area contributed by atoms with E-state index in [1.165, 1.54) is 47.8 Å². The van der Waals surface area contributed by atoms with Gasteiger partial charge < -0.3 is 44.1 Å². The number of rotatable bonds is 20. The number of amides is 1. The van der Waals surface area contributed by atoms with E-state index < -0.39 is 66.7 Å². The second kappa shape index (κ2) is 19.0. The van der Waals surface area contributed by atoms with Crippen molar-refractivity contribution in [1.82, 2.24) is 9.62 Å². The highest BCUT2D eigenvalue weighted by atomic mass is 32.2. The number of ether oxygens (including phenoxy) is 5. The Labute approximate surface area is 298 Å². The SMILES string of the molecule is CCOC1OC[C@H](OC(=O)N[C@@H](Cc2ccc(OCP(=O)(O)O[C@@H](C)C(=O)O)cc2)[C@H](O)CN(CC(C)C)S(=O)(=O)c2ccc(OC)cc2)C1C. The maximum atomic E-state index is 13.8. The minimum absolute atomic E-state index is 0.00461. The van der Waals surface area contributed by atoms with E-state index in [1.807, 2.05) is 27.7 Å². The first-order valence-electron chi connectivity index (χ1n) is 16.4. The Hall–Kier alpha value is -3.28. The summed E-state index contributed by atoms with van der Waals surface area (Å²) < 4.78 is 72.9. The summed E-state index contributed by atoms with van der Waals surface area (Å²) in [7, 11) is -7.01.